The zero-order valence-electron chi connectivity index (χ0n) is 10.9. The number of aromatic nitrogens is 1. The van der Waals surface area contributed by atoms with Gasteiger partial charge in [-0.2, -0.15) is 0 Å². The maximum absolute atomic E-state index is 10.9. The molecule has 0 saturated carbocycles. The smallest absolute Gasteiger partial charge is 0.311 e. The summed E-state index contributed by atoms with van der Waals surface area (Å²) in [6.07, 6.45) is 1.55. The Labute approximate surface area is 111 Å². The average molecular weight is 266 g/mol. The first-order valence-electron chi connectivity index (χ1n) is 6.33. The number of morpholine rings is 1. The van der Waals surface area contributed by atoms with Crippen LogP contribution in [0, 0.1) is 10.1 Å². The second-order valence-corrected chi connectivity index (χ2v) is 4.59. The first-order chi connectivity index (χ1) is 9.16. The molecule has 7 heteroatoms. The zero-order chi connectivity index (χ0) is 13.7. The van der Waals surface area contributed by atoms with E-state index in [1.807, 2.05) is 6.92 Å². The van der Waals surface area contributed by atoms with E-state index < -0.39 is 4.92 Å². The number of hydrogen-bond donors (Lipinski definition) is 1. The number of pyridine rings is 1. The van der Waals surface area contributed by atoms with E-state index in [-0.39, 0.29) is 11.7 Å². The number of anilines is 1. The molecule has 0 aliphatic carbocycles. The lowest BCUT2D eigenvalue weighted by Gasteiger charge is -2.29. The molecule has 1 unspecified atom stereocenters. The van der Waals surface area contributed by atoms with Crippen LogP contribution in [0.1, 0.15) is 6.92 Å². The van der Waals surface area contributed by atoms with Crippen LogP contribution in [0.25, 0.3) is 0 Å². The predicted octanol–water partition coefficient (Wildman–Crippen LogP) is 1.12. The highest BCUT2D eigenvalue weighted by molar-refractivity contribution is 5.55. The second-order valence-electron chi connectivity index (χ2n) is 4.59. The molecule has 19 heavy (non-hydrogen) atoms. The van der Waals surface area contributed by atoms with Crippen LogP contribution in [0.4, 0.5) is 11.5 Å². The molecule has 1 aromatic heterocycles. The molecule has 1 aliphatic rings. The molecule has 0 aromatic carbocycles. The SMILES string of the molecule is CC(CN1CCOCC1)Nc1ncccc1[N+](=O)[O-]. The van der Waals surface area contributed by atoms with E-state index in [1.165, 1.54) is 6.07 Å². The molecule has 1 aliphatic heterocycles. The highest BCUT2D eigenvalue weighted by Gasteiger charge is 2.18. The summed E-state index contributed by atoms with van der Waals surface area (Å²) in [5.74, 6) is 0.327. The van der Waals surface area contributed by atoms with Crippen LogP contribution in [0.5, 0.6) is 0 Å². The van der Waals surface area contributed by atoms with Gasteiger partial charge in [-0.05, 0) is 13.0 Å². The average Bonchev–Trinajstić information content (AvgIpc) is 2.40. The fraction of sp³-hybridized carbons (Fsp3) is 0.583. The fourth-order valence-corrected chi connectivity index (χ4v) is 2.11. The van der Waals surface area contributed by atoms with Gasteiger partial charge in [0.25, 0.3) is 0 Å². The minimum absolute atomic E-state index is 0.0105. The van der Waals surface area contributed by atoms with Gasteiger partial charge in [-0.25, -0.2) is 4.98 Å². The van der Waals surface area contributed by atoms with Gasteiger partial charge in [-0.3, -0.25) is 15.0 Å². The van der Waals surface area contributed by atoms with E-state index in [4.69, 9.17) is 4.74 Å². The van der Waals surface area contributed by atoms with Crippen molar-refractivity contribution in [3.05, 3.63) is 28.4 Å². The third kappa shape index (κ3) is 3.87. The van der Waals surface area contributed by atoms with Crippen molar-refractivity contribution in [3.63, 3.8) is 0 Å². The molecule has 0 bridgehead atoms. The van der Waals surface area contributed by atoms with Gasteiger partial charge in [0.1, 0.15) is 0 Å². The molecule has 1 N–H and O–H groups in total. The first-order valence-corrected chi connectivity index (χ1v) is 6.33. The molecule has 1 aromatic rings. The van der Waals surface area contributed by atoms with Crippen LogP contribution in [0.3, 0.4) is 0 Å². The molecule has 1 fully saturated rings. The minimum atomic E-state index is -0.420. The molecular weight excluding hydrogens is 248 g/mol. The zero-order valence-corrected chi connectivity index (χ0v) is 10.9. The molecule has 1 atom stereocenters. The Morgan fingerprint density at radius 2 is 2.32 bits per heavy atom. The monoisotopic (exact) mass is 266 g/mol. The lowest BCUT2D eigenvalue weighted by atomic mass is 10.2. The summed E-state index contributed by atoms with van der Waals surface area (Å²) in [5, 5.41) is 14.0. The Bertz CT molecular complexity index is 435. The summed E-state index contributed by atoms with van der Waals surface area (Å²) in [7, 11) is 0. The van der Waals surface area contributed by atoms with Gasteiger partial charge < -0.3 is 10.1 Å². The summed E-state index contributed by atoms with van der Waals surface area (Å²) in [5.41, 5.74) is 0.0105. The van der Waals surface area contributed by atoms with Crippen LogP contribution in [0.2, 0.25) is 0 Å². The first kappa shape index (κ1) is 13.7. The number of nitrogens with zero attached hydrogens (tertiary/aromatic N) is 3. The molecule has 0 spiro atoms. The number of hydrogen-bond acceptors (Lipinski definition) is 6. The van der Waals surface area contributed by atoms with Crippen LogP contribution in [0.15, 0.2) is 18.3 Å². The number of nitro groups is 1. The van der Waals surface area contributed by atoms with E-state index in [9.17, 15) is 10.1 Å². The predicted molar refractivity (Wildman–Crippen MR) is 71.2 cm³/mol. The molecule has 2 rings (SSSR count). The molecule has 7 nitrogen and oxygen atoms in total. The largest absolute Gasteiger partial charge is 0.379 e. The van der Waals surface area contributed by atoms with Crippen LogP contribution in [-0.4, -0.2) is 53.7 Å². The Kier molecular flexibility index (Phi) is 4.64. The van der Waals surface area contributed by atoms with Crippen LogP contribution < -0.4 is 5.32 Å². The number of ether oxygens (including phenoxy) is 1. The van der Waals surface area contributed by atoms with Crippen LogP contribution >= 0.6 is 0 Å². The van der Waals surface area contributed by atoms with E-state index in [0.717, 1.165) is 32.8 Å². The van der Waals surface area contributed by atoms with Gasteiger partial charge in [0, 0.05) is 37.9 Å². The summed E-state index contributed by atoms with van der Waals surface area (Å²) in [6.45, 7) is 6.10. The minimum Gasteiger partial charge on any atom is -0.379 e. The van der Waals surface area contributed by atoms with Crippen molar-refractivity contribution in [3.8, 4) is 0 Å². The molecule has 1 saturated heterocycles. The van der Waals surface area contributed by atoms with Gasteiger partial charge in [0.2, 0.25) is 5.82 Å². The van der Waals surface area contributed by atoms with Crippen LogP contribution in [-0.2, 0) is 4.74 Å². The van der Waals surface area contributed by atoms with Crippen molar-refractivity contribution in [2.45, 2.75) is 13.0 Å². The Hall–Kier alpha value is -1.73. The van der Waals surface area contributed by atoms with Crippen molar-refractivity contribution in [1.29, 1.82) is 0 Å². The van der Waals surface area contributed by atoms with Gasteiger partial charge in [-0.1, -0.05) is 0 Å². The molecule has 0 amide bonds. The maximum atomic E-state index is 10.9. The molecule has 2 heterocycles. The summed E-state index contributed by atoms with van der Waals surface area (Å²) >= 11 is 0. The standard InChI is InChI=1S/C12H18N4O3/c1-10(9-15-5-7-19-8-6-15)14-12-11(16(17)18)3-2-4-13-12/h2-4,10H,5-9H2,1H3,(H,13,14). The molecular formula is C12H18N4O3. The lowest BCUT2D eigenvalue weighted by molar-refractivity contribution is -0.384. The summed E-state index contributed by atoms with van der Waals surface area (Å²) < 4.78 is 5.29. The molecule has 0 radical (unpaired) electrons. The van der Waals surface area contributed by atoms with E-state index in [2.05, 4.69) is 15.2 Å². The lowest BCUT2D eigenvalue weighted by Crippen LogP contribution is -2.42. The van der Waals surface area contributed by atoms with Crippen molar-refractivity contribution in [1.82, 2.24) is 9.88 Å². The Balaban J connectivity index is 1.94. The van der Waals surface area contributed by atoms with E-state index in [1.54, 1.807) is 12.3 Å². The summed E-state index contributed by atoms with van der Waals surface area (Å²) in [4.78, 5) is 16.8. The van der Waals surface area contributed by atoms with Gasteiger partial charge in [0.05, 0.1) is 18.1 Å². The third-order valence-corrected chi connectivity index (χ3v) is 3.00. The van der Waals surface area contributed by atoms with E-state index >= 15 is 0 Å². The summed E-state index contributed by atoms with van der Waals surface area (Å²) in [6, 6.07) is 3.11. The molecule has 104 valence electrons. The highest BCUT2D eigenvalue weighted by Crippen LogP contribution is 2.21. The quantitative estimate of drug-likeness (QED) is 0.635. The van der Waals surface area contributed by atoms with Crippen molar-refractivity contribution in [2.24, 2.45) is 0 Å². The van der Waals surface area contributed by atoms with Crippen molar-refractivity contribution < 1.29 is 9.66 Å². The number of nitrogens with one attached hydrogen (secondary N) is 1. The second kappa shape index (κ2) is 6.44. The van der Waals surface area contributed by atoms with Gasteiger partial charge in [-0.15, -0.1) is 0 Å². The van der Waals surface area contributed by atoms with Gasteiger partial charge in [0.15, 0.2) is 0 Å². The fourth-order valence-electron chi connectivity index (χ4n) is 2.11. The van der Waals surface area contributed by atoms with Crippen molar-refractivity contribution >= 4 is 11.5 Å². The maximum Gasteiger partial charge on any atom is 0.311 e. The third-order valence-electron chi connectivity index (χ3n) is 3.00. The highest BCUT2D eigenvalue weighted by atomic mass is 16.6. The normalized spacial score (nSPS) is 17.9. The Morgan fingerprint density at radius 3 is 3.00 bits per heavy atom. The van der Waals surface area contributed by atoms with Gasteiger partial charge >= 0.3 is 5.69 Å². The topological polar surface area (TPSA) is 80.5 Å². The van der Waals surface area contributed by atoms with Crippen molar-refractivity contribution in [2.75, 3.05) is 38.2 Å². The Morgan fingerprint density at radius 1 is 1.58 bits per heavy atom. The number of rotatable bonds is 5. The van der Waals surface area contributed by atoms with E-state index in [0.29, 0.717) is 5.82 Å².